The van der Waals surface area contributed by atoms with Crippen molar-refractivity contribution in [2.45, 2.75) is 111 Å². The van der Waals surface area contributed by atoms with E-state index in [1.165, 1.54) is 0 Å². The molecule has 2 nitrogen and oxygen atoms in total. The van der Waals surface area contributed by atoms with Crippen LogP contribution in [0.2, 0.25) is 0 Å². The molecule has 0 aromatic heterocycles. The molecule has 0 spiro atoms. The monoisotopic (exact) mass is 547 g/mol. The maximum Gasteiger partial charge on any atom is 0.0319 e. The van der Waals surface area contributed by atoms with Gasteiger partial charge in [0.05, 0.1) is 0 Å². The van der Waals surface area contributed by atoms with Crippen LogP contribution in [0.25, 0.3) is 0 Å². The largest absolute Gasteiger partial charge is 0.400 e. The number of hydrogen-bond donors (Lipinski definition) is 2. The summed E-state index contributed by atoms with van der Waals surface area (Å²) in [6.45, 7) is 32.0. The van der Waals surface area contributed by atoms with Crippen molar-refractivity contribution in [2.24, 2.45) is 0 Å². The first-order valence-electron chi connectivity index (χ1n) is 12.7. The normalized spacial score (nSPS) is 4.73. The summed E-state index contributed by atoms with van der Waals surface area (Å²) in [5.74, 6) is 0. The molecule has 0 bridgehead atoms. The molecular weight excluding hydrogens is 481 g/mol. The van der Waals surface area contributed by atoms with Gasteiger partial charge in [-0.1, -0.05) is 111 Å². The Hall–Kier alpha value is -0.536. The summed E-state index contributed by atoms with van der Waals surface area (Å²) in [6.07, 6.45) is 0. The quantitative estimate of drug-likeness (QED) is 0.322. The molecule has 0 unspecified atom stereocenters. The molecule has 33 heavy (non-hydrogen) atoms. The molecule has 2 N–H and O–H groups in total. The molecule has 2 aromatic rings. The summed E-state index contributed by atoms with van der Waals surface area (Å²) in [4.78, 5) is 0. The average Bonchev–Trinajstić information content (AvgIpc) is 3.01. The Labute approximate surface area is 239 Å². The molecule has 0 aliphatic rings. The third-order valence-corrected chi connectivity index (χ3v) is 1.21. The molecule has 1 radical (unpaired) electrons. The minimum absolute atomic E-state index is 0. The summed E-state index contributed by atoms with van der Waals surface area (Å²) in [5, 5.41) is 14.0. The zero-order chi connectivity index (χ0) is 28.5. The molecular formula is C30H66O2Y-2. The van der Waals surface area contributed by atoms with E-state index in [9.17, 15) is 0 Å². The van der Waals surface area contributed by atoms with E-state index < -0.39 is 0 Å². The van der Waals surface area contributed by atoms with Crippen molar-refractivity contribution in [3.05, 3.63) is 72.8 Å². The molecule has 0 saturated carbocycles. The zero-order valence-corrected chi connectivity index (χ0v) is 29.1. The van der Waals surface area contributed by atoms with Crippen LogP contribution in [0.15, 0.2) is 60.7 Å². The Bertz CT molecular complexity index is 193. The van der Waals surface area contributed by atoms with E-state index in [0.717, 1.165) is 14.2 Å². The molecule has 0 amide bonds. The fourth-order valence-corrected chi connectivity index (χ4v) is 0.684. The van der Waals surface area contributed by atoms with Crippen molar-refractivity contribution in [1.29, 1.82) is 0 Å². The van der Waals surface area contributed by atoms with Gasteiger partial charge in [-0.3, -0.25) is 0 Å². The van der Waals surface area contributed by atoms with Crippen LogP contribution in [-0.4, -0.2) is 24.4 Å². The maximum absolute atomic E-state index is 7.00. The van der Waals surface area contributed by atoms with Gasteiger partial charge in [0.25, 0.3) is 0 Å². The molecule has 2 rings (SSSR count). The van der Waals surface area contributed by atoms with Gasteiger partial charge in [0.2, 0.25) is 0 Å². The molecule has 203 valence electrons. The van der Waals surface area contributed by atoms with Crippen molar-refractivity contribution < 1.29 is 42.9 Å². The number of benzene rings is 2. The van der Waals surface area contributed by atoms with E-state index in [1.807, 2.05) is 171 Å². The van der Waals surface area contributed by atoms with Crippen molar-refractivity contribution >= 4 is 0 Å². The summed E-state index contributed by atoms with van der Waals surface area (Å²) >= 11 is 0. The van der Waals surface area contributed by atoms with Crippen LogP contribution >= 0.6 is 0 Å². The summed E-state index contributed by atoms with van der Waals surface area (Å²) in [7, 11) is 2.00. The fraction of sp³-hybridized carbons (Fsp3) is 0.600. The van der Waals surface area contributed by atoms with Crippen LogP contribution in [-0.2, 0) is 32.7 Å². The van der Waals surface area contributed by atoms with Crippen LogP contribution < -0.4 is 0 Å². The Morgan fingerprint density at radius 1 is 0.303 bits per heavy atom. The zero-order valence-electron chi connectivity index (χ0n) is 26.2. The van der Waals surface area contributed by atoms with Gasteiger partial charge in [-0.05, 0) is 0 Å². The number of aliphatic hydroxyl groups is 2. The molecule has 0 aliphatic heterocycles. The van der Waals surface area contributed by atoms with Gasteiger partial charge in [-0.25, -0.2) is 0 Å². The van der Waals surface area contributed by atoms with E-state index in [-0.39, 0.29) is 32.7 Å². The van der Waals surface area contributed by atoms with Gasteiger partial charge in [-0.15, -0.1) is 0 Å². The van der Waals surface area contributed by atoms with E-state index in [0.29, 0.717) is 0 Å². The maximum atomic E-state index is 7.00. The summed E-state index contributed by atoms with van der Waals surface area (Å²) in [6, 6.07) is 25.0. The first kappa shape index (κ1) is 69.8. The fourth-order valence-electron chi connectivity index (χ4n) is 0.684. The van der Waals surface area contributed by atoms with Crippen LogP contribution in [0.3, 0.4) is 0 Å². The van der Waals surface area contributed by atoms with Crippen molar-refractivity contribution in [3.8, 4) is 0 Å². The average molecular weight is 548 g/mol. The standard InChI is InChI=1S/2C6H5.8C2H6.2CH4O.Y/c2*1-2-4-6-5-3-1;10*1-2;/h2*1-5H;8*1-2H3;2*2H,1H3;/q2*-1;;;;;;;;;;;. The Morgan fingerprint density at radius 2 is 0.424 bits per heavy atom. The Balaban J connectivity index is -0.0000000187. The molecule has 2 aromatic carbocycles. The smallest absolute Gasteiger partial charge is 0.0319 e. The van der Waals surface area contributed by atoms with Gasteiger partial charge in [0.1, 0.15) is 0 Å². The Morgan fingerprint density at radius 3 is 0.455 bits per heavy atom. The topological polar surface area (TPSA) is 40.5 Å². The van der Waals surface area contributed by atoms with Crippen molar-refractivity contribution in [2.75, 3.05) is 14.2 Å². The van der Waals surface area contributed by atoms with E-state index in [4.69, 9.17) is 10.2 Å². The third kappa shape index (κ3) is 208. The van der Waals surface area contributed by atoms with Gasteiger partial charge in [0.15, 0.2) is 0 Å². The van der Waals surface area contributed by atoms with Crippen LogP contribution in [0.4, 0.5) is 0 Å². The van der Waals surface area contributed by atoms with Gasteiger partial charge >= 0.3 is 0 Å². The van der Waals surface area contributed by atoms with Gasteiger partial charge in [0, 0.05) is 46.9 Å². The summed E-state index contributed by atoms with van der Waals surface area (Å²) < 4.78 is 0. The van der Waals surface area contributed by atoms with Gasteiger partial charge < -0.3 is 10.2 Å². The predicted molar refractivity (Wildman–Crippen MR) is 158 cm³/mol. The molecule has 3 heteroatoms. The second-order valence-electron chi connectivity index (χ2n) is 2.15. The molecule has 0 aliphatic carbocycles. The molecule has 0 heterocycles. The van der Waals surface area contributed by atoms with Crippen molar-refractivity contribution in [1.82, 2.24) is 0 Å². The minimum Gasteiger partial charge on any atom is -0.400 e. The first-order chi connectivity index (χ1) is 16.0. The minimum atomic E-state index is 0. The van der Waals surface area contributed by atoms with Crippen molar-refractivity contribution in [3.63, 3.8) is 0 Å². The summed E-state index contributed by atoms with van der Waals surface area (Å²) in [5.41, 5.74) is 0. The first-order valence-corrected chi connectivity index (χ1v) is 12.7. The number of hydrogen-bond acceptors (Lipinski definition) is 2. The Kier molecular flexibility index (Phi) is 470. The molecule has 0 saturated heterocycles. The predicted octanol–water partition coefficient (Wildman–Crippen LogP) is 10.4. The number of aliphatic hydroxyl groups excluding tert-OH is 2. The van der Waals surface area contributed by atoms with E-state index in [1.54, 1.807) is 0 Å². The van der Waals surface area contributed by atoms with Gasteiger partial charge in [-0.2, -0.15) is 72.8 Å². The van der Waals surface area contributed by atoms with E-state index >= 15 is 0 Å². The molecule has 0 atom stereocenters. The second-order valence-corrected chi connectivity index (χ2v) is 2.15. The SMILES string of the molecule is CC.CC.CC.CC.CC.CC.CC.CC.CO.CO.[Y].[c-]1ccccc1.[c-]1ccccc1. The second kappa shape index (κ2) is 222. The van der Waals surface area contributed by atoms with Crippen LogP contribution in [0, 0.1) is 12.1 Å². The van der Waals surface area contributed by atoms with E-state index in [2.05, 4.69) is 12.1 Å². The van der Waals surface area contributed by atoms with Crippen LogP contribution in [0.5, 0.6) is 0 Å². The molecule has 0 fully saturated rings. The number of rotatable bonds is 0. The third-order valence-electron chi connectivity index (χ3n) is 1.21. The van der Waals surface area contributed by atoms with Crippen LogP contribution in [0.1, 0.15) is 111 Å².